The van der Waals surface area contributed by atoms with Crippen LogP contribution >= 0.6 is 0 Å². The molecule has 0 radical (unpaired) electrons. The minimum Gasteiger partial charge on any atom is -0.459 e. The van der Waals surface area contributed by atoms with Crippen molar-refractivity contribution >= 4 is 17.0 Å². The minimum absolute atomic E-state index is 0.168. The Bertz CT molecular complexity index is 747. The molecule has 2 heterocycles. The summed E-state index contributed by atoms with van der Waals surface area (Å²) in [7, 11) is 0. The molecular weight excluding hydrogens is 316 g/mol. The Balaban J connectivity index is 1.83. The number of carbonyl (C=O) groups excluding carboxylic acids is 1. The van der Waals surface area contributed by atoms with Gasteiger partial charge in [0, 0.05) is 26.2 Å². The van der Waals surface area contributed by atoms with Gasteiger partial charge >= 0.3 is 5.97 Å². The highest BCUT2D eigenvalue weighted by Gasteiger charge is 2.33. The molecule has 1 aliphatic rings. The number of carbonyl (C=O) groups is 1. The van der Waals surface area contributed by atoms with Crippen molar-refractivity contribution in [2.24, 2.45) is 0 Å². The highest BCUT2D eigenvalue weighted by Crippen LogP contribution is 2.20. The van der Waals surface area contributed by atoms with Gasteiger partial charge in [0.25, 0.3) is 0 Å². The number of benzene rings is 1. The molecular formula is C19H28N4O2. The topological polar surface area (TPSA) is 59.4 Å². The van der Waals surface area contributed by atoms with Crippen molar-refractivity contribution < 1.29 is 9.53 Å². The Labute approximate surface area is 149 Å². The van der Waals surface area contributed by atoms with Gasteiger partial charge in [-0.3, -0.25) is 9.69 Å². The maximum absolute atomic E-state index is 12.6. The van der Waals surface area contributed by atoms with Crippen LogP contribution in [0.2, 0.25) is 0 Å². The SMILES string of the molecule is CCn1c(CN2CCNCC2C(=O)OC(C)(C)C)nc2ccccc21. The highest BCUT2D eigenvalue weighted by molar-refractivity contribution is 5.77. The van der Waals surface area contributed by atoms with Crippen molar-refractivity contribution in [3.05, 3.63) is 30.1 Å². The Morgan fingerprint density at radius 3 is 2.84 bits per heavy atom. The number of fused-ring (bicyclic) bond motifs is 1. The lowest BCUT2D eigenvalue weighted by Crippen LogP contribution is -2.55. The number of piperazine rings is 1. The van der Waals surface area contributed by atoms with E-state index in [2.05, 4.69) is 27.8 Å². The van der Waals surface area contributed by atoms with Crippen molar-refractivity contribution in [1.82, 2.24) is 19.8 Å². The van der Waals surface area contributed by atoms with Gasteiger partial charge in [0.15, 0.2) is 0 Å². The number of para-hydroxylation sites is 2. The molecule has 0 bridgehead atoms. The van der Waals surface area contributed by atoms with Crippen molar-refractivity contribution in [3.63, 3.8) is 0 Å². The molecule has 25 heavy (non-hydrogen) atoms. The Morgan fingerprint density at radius 2 is 2.12 bits per heavy atom. The first-order valence-corrected chi connectivity index (χ1v) is 9.01. The van der Waals surface area contributed by atoms with Crippen LogP contribution in [-0.4, -0.2) is 51.7 Å². The molecule has 136 valence electrons. The number of nitrogens with one attached hydrogen (secondary N) is 1. The van der Waals surface area contributed by atoms with Crippen LogP contribution < -0.4 is 5.32 Å². The Kier molecular flexibility index (Phi) is 5.11. The van der Waals surface area contributed by atoms with E-state index in [-0.39, 0.29) is 12.0 Å². The average molecular weight is 344 g/mol. The second-order valence-electron chi connectivity index (χ2n) is 7.48. The molecule has 0 spiro atoms. The van der Waals surface area contributed by atoms with Crippen LogP contribution in [0.4, 0.5) is 0 Å². The molecule has 2 aromatic rings. The third kappa shape index (κ3) is 4.02. The van der Waals surface area contributed by atoms with Crippen LogP contribution in [0, 0.1) is 0 Å². The summed E-state index contributed by atoms with van der Waals surface area (Å²) in [5, 5.41) is 3.30. The average Bonchev–Trinajstić information content (AvgIpc) is 2.90. The standard InChI is InChI=1S/C19H28N4O2/c1-5-23-15-9-7-6-8-14(15)21-17(23)13-22-11-10-20-12-16(22)18(24)25-19(2,3)4/h6-9,16,20H,5,10-13H2,1-4H3. The normalized spacial score (nSPS) is 19.3. The van der Waals surface area contributed by atoms with Crippen molar-refractivity contribution in [3.8, 4) is 0 Å². The number of rotatable bonds is 4. The van der Waals surface area contributed by atoms with Crippen LogP contribution in [0.15, 0.2) is 24.3 Å². The lowest BCUT2D eigenvalue weighted by Gasteiger charge is -2.35. The van der Waals surface area contributed by atoms with Crippen LogP contribution in [-0.2, 0) is 22.6 Å². The molecule has 1 fully saturated rings. The van der Waals surface area contributed by atoms with E-state index in [9.17, 15) is 4.79 Å². The fraction of sp³-hybridized carbons (Fsp3) is 0.579. The fourth-order valence-electron chi connectivity index (χ4n) is 3.32. The van der Waals surface area contributed by atoms with E-state index < -0.39 is 5.60 Å². The number of ether oxygens (including phenoxy) is 1. The second-order valence-corrected chi connectivity index (χ2v) is 7.48. The zero-order valence-electron chi connectivity index (χ0n) is 15.6. The summed E-state index contributed by atoms with van der Waals surface area (Å²) in [5.74, 6) is 0.831. The van der Waals surface area contributed by atoms with Gasteiger partial charge in [-0.1, -0.05) is 12.1 Å². The lowest BCUT2D eigenvalue weighted by molar-refractivity contribution is -0.162. The van der Waals surface area contributed by atoms with Gasteiger partial charge in [0.2, 0.25) is 0 Å². The van der Waals surface area contributed by atoms with Gasteiger partial charge in [-0.05, 0) is 39.8 Å². The van der Waals surface area contributed by atoms with Gasteiger partial charge in [-0.2, -0.15) is 0 Å². The van der Waals surface area contributed by atoms with E-state index in [1.807, 2.05) is 39.0 Å². The van der Waals surface area contributed by atoms with Gasteiger partial charge in [-0.15, -0.1) is 0 Å². The molecule has 0 amide bonds. The monoisotopic (exact) mass is 344 g/mol. The number of hydrogen-bond acceptors (Lipinski definition) is 5. The van der Waals surface area contributed by atoms with Crippen LogP contribution in [0.5, 0.6) is 0 Å². The van der Waals surface area contributed by atoms with E-state index in [1.54, 1.807) is 0 Å². The predicted molar refractivity (Wildman–Crippen MR) is 98.3 cm³/mol. The maximum Gasteiger partial charge on any atom is 0.325 e. The smallest absolute Gasteiger partial charge is 0.325 e. The quantitative estimate of drug-likeness (QED) is 0.862. The van der Waals surface area contributed by atoms with Gasteiger partial charge in [-0.25, -0.2) is 4.98 Å². The summed E-state index contributed by atoms with van der Waals surface area (Å²) < 4.78 is 7.84. The Hall–Kier alpha value is -1.92. The van der Waals surface area contributed by atoms with Gasteiger partial charge in [0.1, 0.15) is 17.5 Å². The van der Waals surface area contributed by atoms with Crippen molar-refractivity contribution in [2.45, 2.75) is 52.4 Å². The molecule has 3 rings (SSSR count). The first-order valence-electron chi connectivity index (χ1n) is 9.01. The van der Waals surface area contributed by atoms with Crippen LogP contribution in [0.25, 0.3) is 11.0 Å². The summed E-state index contributed by atoms with van der Waals surface area (Å²) >= 11 is 0. The fourth-order valence-corrected chi connectivity index (χ4v) is 3.32. The molecule has 1 aromatic carbocycles. The first kappa shape index (κ1) is 17.9. The molecule has 1 atom stereocenters. The zero-order valence-corrected chi connectivity index (χ0v) is 15.6. The molecule has 1 unspecified atom stereocenters. The molecule has 1 saturated heterocycles. The molecule has 1 aromatic heterocycles. The van der Waals surface area contributed by atoms with E-state index in [0.29, 0.717) is 13.1 Å². The lowest BCUT2D eigenvalue weighted by atomic mass is 10.1. The van der Waals surface area contributed by atoms with E-state index in [1.165, 1.54) is 0 Å². The number of esters is 1. The number of imidazole rings is 1. The summed E-state index contributed by atoms with van der Waals surface area (Å²) in [4.78, 5) is 19.6. The van der Waals surface area contributed by atoms with Gasteiger partial charge in [0.05, 0.1) is 17.6 Å². The maximum atomic E-state index is 12.6. The molecule has 0 aliphatic carbocycles. The summed E-state index contributed by atoms with van der Waals surface area (Å²) in [6.45, 7) is 11.6. The molecule has 1 N–H and O–H groups in total. The van der Waals surface area contributed by atoms with Gasteiger partial charge < -0.3 is 14.6 Å². The number of aromatic nitrogens is 2. The van der Waals surface area contributed by atoms with E-state index in [4.69, 9.17) is 9.72 Å². The first-order chi connectivity index (χ1) is 11.9. The number of nitrogens with zero attached hydrogens (tertiary/aromatic N) is 3. The molecule has 6 heteroatoms. The largest absolute Gasteiger partial charge is 0.459 e. The van der Waals surface area contributed by atoms with Crippen LogP contribution in [0.3, 0.4) is 0 Å². The number of hydrogen-bond donors (Lipinski definition) is 1. The summed E-state index contributed by atoms with van der Waals surface area (Å²) in [5.41, 5.74) is 1.67. The van der Waals surface area contributed by atoms with E-state index in [0.717, 1.165) is 36.5 Å². The predicted octanol–water partition coefficient (Wildman–Crippen LogP) is 2.17. The van der Waals surface area contributed by atoms with Crippen LogP contribution in [0.1, 0.15) is 33.5 Å². The zero-order chi connectivity index (χ0) is 18.0. The summed E-state index contributed by atoms with van der Waals surface area (Å²) in [6.07, 6.45) is 0. The number of aryl methyl sites for hydroxylation is 1. The molecule has 6 nitrogen and oxygen atoms in total. The second kappa shape index (κ2) is 7.14. The third-order valence-electron chi connectivity index (χ3n) is 4.43. The summed E-state index contributed by atoms with van der Waals surface area (Å²) in [6, 6.07) is 7.90. The minimum atomic E-state index is -0.475. The van der Waals surface area contributed by atoms with E-state index >= 15 is 0 Å². The third-order valence-corrected chi connectivity index (χ3v) is 4.43. The molecule has 0 saturated carbocycles. The van der Waals surface area contributed by atoms with Crippen molar-refractivity contribution in [2.75, 3.05) is 19.6 Å². The van der Waals surface area contributed by atoms with Crippen molar-refractivity contribution in [1.29, 1.82) is 0 Å². The molecule has 1 aliphatic heterocycles. The highest BCUT2D eigenvalue weighted by atomic mass is 16.6. The Morgan fingerprint density at radius 1 is 1.36 bits per heavy atom.